The molecular weight excluding hydrogens is 274 g/mol. The second kappa shape index (κ2) is 6.79. The number of carboxylic acid groups (broad SMARTS) is 1. The van der Waals surface area contributed by atoms with Gasteiger partial charge in [-0.2, -0.15) is 0 Å². The van der Waals surface area contributed by atoms with Gasteiger partial charge in [0, 0.05) is 6.07 Å². The van der Waals surface area contributed by atoms with Crippen molar-refractivity contribution >= 4 is 28.7 Å². The lowest BCUT2D eigenvalue weighted by molar-refractivity contribution is -0.753. The number of carbonyl (C=O) groups is 3. The number of aromatic nitrogens is 2. The summed E-state index contributed by atoms with van der Waals surface area (Å²) in [7, 11) is 0. The molecule has 7 nitrogen and oxygen atoms in total. The van der Waals surface area contributed by atoms with E-state index in [2.05, 4.69) is 10.4 Å². The molecule has 1 atom stereocenters. The minimum absolute atomic E-state index is 0.0546. The summed E-state index contributed by atoms with van der Waals surface area (Å²) in [4.78, 5) is 32.8. The Labute approximate surface area is 114 Å². The first-order chi connectivity index (χ1) is 8.90. The van der Waals surface area contributed by atoms with Crippen molar-refractivity contribution in [3.63, 3.8) is 0 Å². The van der Waals surface area contributed by atoms with Gasteiger partial charge in [0.25, 0.3) is 5.91 Å². The molecule has 0 bridgehead atoms. The molecule has 1 rings (SSSR count). The van der Waals surface area contributed by atoms with E-state index in [9.17, 15) is 14.4 Å². The first-order valence-corrected chi connectivity index (χ1v) is 5.85. The van der Waals surface area contributed by atoms with Crippen molar-refractivity contribution in [3.8, 4) is 0 Å². The lowest BCUT2D eigenvalue weighted by atomic mass is 10.2. The number of hydrogen-bond acceptors (Lipinski definition) is 4. The van der Waals surface area contributed by atoms with E-state index in [-0.39, 0.29) is 18.5 Å². The third kappa shape index (κ3) is 5.01. The number of carboxylic acids is 1. The highest BCUT2D eigenvalue weighted by molar-refractivity contribution is 6.64. The van der Waals surface area contributed by atoms with Crippen LogP contribution in [0.15, 0.2) is 18.5 Å². The minimum Gasteiger partial charge on any atom is -0.481 e. The molecule has 0 aliphatic carbocycles. The zero-order valence-electron chi connectivity index (χ0n) is 10.2. The van der Waals surface area contributed by atoms with Crippen LogP contribution < -0.4 is 10.00 Å². The van der Waals surface area contributed by atoms with Crippen molar-refractivity contribution in [2.24, 2.45) is 0 Å². The predicted octanol–water partition coefficient (Wildman–Crippen LogP) is -0.272. The third-order valence-electron chi connectivity index (χ3n) is 2.28. The Bertz CT molecular complexity index is 489. The van der Waals surface area contributed by atoms with Crippen molar-refractivity contribution in [2.75, 3.05) is 0 Å². The molecule has 0 radical (unpaired) electrons. The predicted molar refractivity (Wildman–Crippen MR) is 64.5 cm³/mol. The molecule has 8 heteroatoms. The van der Waals surface area contributed by atoms with Crippen molar-refractivity contribution < 1.29 is 24.2 Å². The molecule has 0 aromatic carbocycles. The average Bonchev–Trinajstić information content (AvgIpc) is 2.36. The molecule has 2 N–H and O–H groups in total. The fraction of sp³-hybridized carbons (Fsp3) is 0.364. The van der Waals surface area contributed by atoms with Gasteiger partial charge in [-0.3, -0.25) is 14.4 Å². The van der Waals surface area contributed by atoms with Gasteiger partial charge in [0.05, 0.1) is 5.56 Å². The molecule has 0 saturated carbocycles. The van der Waals surface area contributed by atoms with Gasteiger partial charge in [0.15, 0.2) is 12.7 Å². The van der Waals surface area contributed by atoms with E-state index in [1.807, 2.05) is 0 Å². The molecule has 0 aliphatic rings. The average molecular weight is 287 g/mol. The van der Waals surface area contributed by atoms with Gasteiger partial charge in [-0.15, -0.1) is 0 Å². The highest BCUT2D eigenvalue weighted by atomic mass is 35.5. The zero-order valence-corrected chi connectivity index (χ0v) is 10.9. The summed E-state index contributed by atoms with van der Waals surface area (Å²) < 4.78 is 1.40. The summed E-state index contributed by atoms with van der Waals surface area (Å²) in [6.45, 7) is 1.68. The van der Waals surface area contributed by atoms with Gasteiger partial charge in [-0.1, -0.05) is 4.68 Å². The van der Waals surface area contributed by atoms with E-state index < -0.39 is 23.2 Å². The molecule has 0 saturated heterocycles. The van der Waals surface area contributed by atoms with Crippen molar-refractivity contribution in [1.82, 2.24) is 10.4 Å². The molecule has 1 unspecified atom stereocenters. The Balaban J connectivity index is 2.62. The molecule has 0 fully saturated rings. The maximum absolute atomic E-state index is 11.7. The number of nitrogens with one attached hydrogen (secondary N) is 1. The van der Waals surface area contributed by atoms with Crippen LogP contribution in [0.1, 0.15) is 23.7 Å². The van der Waals surface area contributed by atoms with Crippen LogP contribution in [0.5, 0.6) is 0 Å². The van der Waals surface area contributed by atoms with E-state index in [0.29, 0.717) is 0 Å². The van der Waals surface area contributed by atoms with Crippen LogP contribution in [0.3, 0.4) is 0 Å². The molecule has 102 valence electrons. The lowest BCUT2D eigenvalue weighted by Crippen LogP contribution is -2.40. The van der Waals surface area contributed by atoms with E-state index in [1.54, 1.807) is 0 Å². The number of rotatable bonds is 6. The summed E-state index contributed by atoms with van der Waals surface area (Å²) >= 11 is 5.23. The summed E-state index contributed by atoms with van der Waals surface area (Å²) in [6.07, 6.45) is 2.73. The molecule has 0 spiro atoms. The molecular formula is C11H13ClN3O4+. The normalized spacial score (nSPS) is 11.7. The van der Waals surface area contributed by atoms with Crippen LogP contribution in [0.2, 0.25) is 0 Å². The summed E-state index contributed by atoms with van der Waals surface area (Å²) in [5.41, 5.74) is 0.261. The summed E-state index contributed by atoms with van der Waals surface area (Å²) in [5.74, 6) is -1.40. The molecule has 1 aromatic rings. The van der Waals surface area contributed by atoms with E-state index in [1.165, 1.54) is 30.1 Å². The number of carbonyl (C=O) groups excluding carboxylic acids is 2. The molecule has 19 heavy (non-hydrogen) atoms. The largest absolute Gasteiger partial charge is 0.481 e. The number of nitrogens with zero attached hydrogens (tertiary/aromatic N) is 2. The second-order valence-corrected chi connectivity index (χ2v) is 4.19. The second-order valence-electron chi connectivity index (χ2n) is 3.82. The Morgan fingerprint density at radius 2 is 2.21 bits per heavy atom. The number of aliphatic carboxylic acids is 1. The summed E-state index contributed by atoms with van der Waals surface area (Å²) in [6, 6.07) is 0.698. The monoisotopic (exact) mass is 286 g/mol. The van der Waals surface area contributed by atoms with Crippen molar-refractivity contribution in [2.45, 2.75) is 25.9 Å². The van der Waals surface area contributed by atoms with Gasteiger partial charge in [0.2, 0.25) is 5.24 Å². The van der Waals surface area contributed by atoms with E-state index in [4.69, 9.17) is 16.7 Å². The van der Waals surface area contributed by atoms with Gasteiger partial charge in [0.1, 0.15) is 18.7 Å². The first-order valence-electron chi connectivity index (χ1n) is 5.48. The fourth-order valence-corrected chi connectivity index (χ4v) is 1.25. The van der Waals surface area contributed by atoms with Crippen molar-refractivity contribution in [1.29, 1.82) is 0 Å². The minimum atomic E-state index is -0.925. The smallest absolute Gasteiger partial charge is 0.309 e. The van der Waals surface area contributed by atoms with Gasteiger partial charge in [-0.05, 0) is 23.6 Å². The van der Waals surface area contributed by atoms with E-state index >= 15 is 0 Å². The maximum Gasteiger partial charge on any atom is 0.309 e. The van der Waals surface area contributed by atoms with Crippen LogP contribution >= 0.6 is 11.6 Å². The molecule has 1 heterocycles. The van der Waals surface area contributed by atoms with Crippen LogP contribution in [0.4, 0.5) is 0 Å². The number of halogens is 1. The molecule has 1 aromatic heterocycles. The standard InChI is InChI=1S/C11H12ClN3O4/c1-7(10(12)18)14-11(19)8-2-4-15(13-6-8)5-3-9(16)17/h2,4,6-7H,3,5H2,1H3,(H-,14,16,17,19)/p+1. The Kier molecular flexibility index (Phi) is 5.37. The highest BCUT2D eigenvalue weighted by Crippen LogP contribution is 1.97. The Morgan fingerprint density at radius 1 is 1.53 bits per heavy atom. The number of hydrogen-bond donors (Lipinski definition) is 2. The first kappa shape index (κ1) is 15.0. The van der Waals surface area contributed by atoms with Gasteiger partial charge in [-0.25, -0.2) is 0 Å². The third-order valence-corrected chi connectivity index (χ3v) is 2.60. The molecule has 1 amide bonds. The number of amides is 1. The zero-order chi connectivity index (χ0) is 14.4. The highest BCUT2D eigenvalue weighted by Gasteiger charge is 2.16. The van der Waals surface area contributed by atoms with E-state index in [0.717, 1.165) is 0 Å². The quantitative estimate of drug-likeness (QED) is 0.554. The Morgan fingerprint density at radius 3 is 2.68 bits per heavy atom. The van der Waals surface area contributed by atoms with Gasteiger partial charge >= 0.3 is 5.97 Å². The lowest BCUT2D eigenvalue weighted by Gasteiger charge is -2.08. The van der Waals surface area contributed by atoms with Crippen LogP contribution in [0.25, 0.3) is 0 Å². The van der Waals surface area contributed by atoms with Crippen molar-refractivity contribution in [3.05, 3.63) is 24.0 Å². The van der Waals surface area contributed by atoms with Crippen LogP contribution in [0, 0.1) is 0 Å². The fourth-order valence-electron chi connectivity index (χ4n) is 1.20. The SMILES string of the molecule is CC(NC(=O)c1cc[n+](CCC(=O)O)nc1)C(=O)Cl. The van der Waals surface area contributed by atoms with Crippen LogP contribution in [-0.2, 0) is 16.1 Å². The van der Waals surface area contributed by atoms with Gasteiger partial charge < -0.3 is 10.4 Å². The maximum atomic E-state index is 11.7. The number of aryl methyl sites for hydroxylation is 1. The molecule has 0 aliphatic heterocycles. The topological polar surface area (TPSA) is 100 Å². The Hall–Kier alpha value is -2.02. The summed E-state index contributed by atoms with van der Waals surface area (Å²) in [5, 5.41) is 14.2. The van der Waals surface area contributed by atoms with Crippen LogP contribution in [-0.4, -0.2) is 33.4 Å².